The van der Waals surface area contributed by atoms with Crippen LogP contribution in [0.5, 0.6) is 0 Å². The molecule has 1 fully saturated rings. The number of hydrogen-bond donors (Lipinski definition) is 2. The van der Waals surface area contributed by atoms with Gasteiger partial charge >= 0.3 is 18.0 Å². The monoisotopic (exact) mass is 383 g/mol. The number of carbonyl (C=O) groups excluding carboxylic acids is 1. The summed E-state index contributed by atoms with van der Waals surface area (Å²) in [6.07, 6.45) is -2.03. The molecule has 0 atom stereocenters. The summed E-state index contributed by atoms with van der Waals surface area (Å²) >= 11 is 0. The molecule has 0 bridgehead atoms. The van der Waals surface area contributed by atoms with E-state index in [0.29, 0.717) is 12.8 Å². The maximum absolute atomic E-state index is 12.5. The zero-order valence-corrected chi connectivity index (χ0v) is 14.0. The summed E-state index contributed by atoms with van der Waals surface area (Å²) in [6, 6.07) is 5.63. The van der Waals surface area contributed by atoms with Crippen LogP contribution in [0.15, 0.2) is 28.8 Å². The predicted molar refractivity (Wildman–Crippen MR) is 85.7 cm³/mol. The summed E-state index contributed by atoms with van der Waals surface area (Å²) < 4.78 is 41.7. The van der Waals surface area contributed by atoms with Crippen molar-refractivity contribution in [2.24, 2.45) is 0 Å². The van der Waals surface area contributed by atoms with Crippen LogP contribution < -0.4 is 5.32 Å². The highest BCUT2D eigenvalue weighted by molar-refractivity contribution is 5.95. The topological polar surface area (TPSA) is 105 Å². The molecule has 0 saturated heterocycles. The molecule has 144 valence electrons. The van der Waals surface area contributed by atoms with Gasteiger partial charge in [0.05, 0.1) is 12.0 Å². The van der Waals surface area contributed by atoms with Gasteiger partial charge in [-0.3, -0.25) is 9.59 Å². The fraction of sp³-hybridized carbons (Fsp3) is 0.412. The summed E-state index contributed by atoms with van der Waals surface area (Å²) in [5.74, 6) is -3.11. The van der Waals surface area contributed by atoms with Crippen LogP contribution >= 0.6 is 0 Å². The molecule has 10 heteroatoms. The minimum Gasteiger partial charge on any atom is -0.481 e. The molecule has 0 radical (unpaired) electrons. The second kappa shape index (κ2) is 7.01. The van der Waals surface area contributed by atoms with Gasteiger partial charge < -0.3 is 14.9 Å². The third-order valence-electron chi connectivity index (χ3n) is 4.50. The number of aliphatic carboxylic acids is 1. The van der Waals surface area contributed by atoms with Crippen molar-refractivity contribution in [3.8, 4) is 11.4 Å². The van der Waals surface area contributed by atoms with Crippen LogP contribution in [0, 0.1) is 0 Å². The molecule has 0 unspecified atom stereocenters. The van der Waals surface area contributed by atoms with Gasteiger partial charge in [-0.15, -0.1) is 0 Å². The number of nitrogens with zero attached hydrogens (tertiary/aromatic N) is 2. The number of amides is 1. The zero-order valence-electron chi connectivity index (χ0n) is 14.0. The summed E-state index contributed by atoms with van der Waals surface area (Å²) in [4.78, 5) is 26.9. The number of carboxylic acids is 1. The summed E-state index contributed by atoms with van der Waals surface area (Å²) in [5.41, 5.74) is -0.251. The molecule has 1 aliphatic rings. The van der Waals surface area contributed by atoms with E-state index in [4.69, 9.17) is 5.11 Å². The van der Waals surface area contributed by atoms with E-state index in [0.717, 1.165) is 12.8 Å². The van der Waals surface area contributed by atoms with Gasteiger partial charge in [-0.1, -0.05) is 30.1 Å². The van der Waals surface area contributed by atoms with E-state index in [9.17, 15) is 22.8 Å². The lowest BCUT2D eigenvalue weighted by atomic mass is 9.92. The van der Waals surface area contributed by atoms with Gasteiger partial charge in [0.15, 0.2) is 0 Å². The van der Waals surface area contributed by atoms with E-state index in [1.54, 1.807) is 0 Å². The maximum atomic E-state index is 12.5. The van der Waals surface area contributed by atoms with E-state index in [2.05, 4.69) is 20.0 Å². The molecule has 1 amide bonds. The van der Waals surface area contributed by atoms with Gasteiger partial charge in [-0.25, -0.2) is 0 Å². The van der Waals surface area contributed by atoms with Crippen molar-refractivity contribution in [1.82, 2.24) is 15.5 Å². The van der Waals surface area contributed by atoms with Crippen LogP contribution in [0.25, 0.3) is 11.4 Å². The van der Waals surface area contributed by atoms with E-state index in [1.165, 1.54) is 24.3 Å². The molecule has 1 aromatic heterocycles. The van der Waals surface area contributed by atoms with E-state index < -0.39 is 29.5 Å². The van der Waals surface area contributed by atoms with Crippen molar-refractivity contribution in [2.45, 2.75) is 43.8 Å². The molecule has 7 nitrogen and oxygen atoms in total. The average Bonchev–Trinajstić information content (AvgIpc) is 3.24. The van der Waals surface area contributed by atoms with Gasteiger partial charge in [0.1, 0.15) is 0 Å². The van der Waals surface area contributed by atoms with Gasteiger partial charge in [0.25, 0.3) is 5.91 Å². The van der Waals surface area contributed by atoms with Crippen LogP contribution in [0.3, 0.4) is 0 Å². The normalized spacial score (nSPS) is 16.3. The second-order valence-corrected chi connectivity index (χ2v) is 6.51. The van der Waals surface area contributed by atoms with Gasteiger partial charge in [-0.05, 0) is 25.0 Å². The smallest absolute Gasteiger partial charge is 0.471 e. The number of carboxylic acid groups (broad SMARTS) is 1. The summed E-state index contributed by atoms with van der Waals surface area (Å²) in [7, 11) is 0. The maximum Gasteiger partial charge on any atom is 0.471 e. The van der Waals surface area contributed by atoms with Crippen molar-refractivity contribution < 1.29 is 32.4 Å². The van der Waals surface area contributed by atoms with Crippen LogP contribution in [-0.4, -0.2) is 32.7 Å². The highest BCUT2D eigenvalue weighted by Gasteiger charge is 2.39. The first-order valence-electron chi connectivity index (χ1n) is 8.24. The Labute approximate surface area is 151 Å². The lowest BCUT2D eigenvalue weighted by molar-refractivity contribution is -0.159. The Bertz CT molecular complexity index is 840. The molecule has 0 aliphatic heterocycles. The number of carbonyl (C=O) groups is 2. The molecule has 1 aromatic carbocycles. The van der Waals surface area contributed by atoms with Crippen LogP contribution in [0.1, 0.15) is 48.4 Å². The van der Waals surface area contributed by atoms with Crippen molar-refractivity contribution in [3.05, 3.63) is 35.7 Å². The molecule has 1 saturated carbocycles. The summed E-state index contributed by atoms with van der Waals surface area (Å²) in [6.45, 7) is 0. The molecular formula is C17H16F3N3O4. The van der Waals surface area contributed by atoms with Crippen LogP contribution in [-0.2, 0) is 11.0 Å². The molecule has 0 spiro atoms. The van der Waals surface area contributed by atoms with E-state index >= 15 is 0 Å². The predicted octanol–water partition coefficient (Wildman–Crippen LogP) is 3.27. The fourth-order valence-electron chi connectivity index (χ4n) is 3.23. The second-order valence-electron chi connectivity index (χ2n) is 6.51. The van der Waals surface area contributed by atoms with Crippen LogP contribution in [0.2, 0.25) is 0 Å². The molecule has 1 heterocycles. The highest BCUT2D eigenvalue weighted by atomic mass is 19.4. The van der Waals surface area contributed by atoms with E-state index in [1.807, 2.05) is 0 Å². The van der Waals surface area contributed by atoms with Crippen molar-refractivity contribution in [1.29, 1.82) is 0 Å². The molecule has 3 rings (SSSR count). The van der Waals surface area contributed by atoms with Crippen LogP contribution in [0.4, 0.5) is 13.2 Å². The lowest BCUT2D eigenvalue weighted by Gasteiger charge is -2.28. The molecular weight excluding hydrogens is 367 g/mol. The first kappa shape index (κ1) is 18.9. The molecule has 27 heavy (non-hydrogen) atoms. The van der Waals surface area contributed by atoms with Crippen molar-refractivity contribution >= 4 is 11.9 Å². The van der Waals surface area contributed by atoms with Gasteiger partial charge in [0.2, 0.25) is 5.82 Å². The Morgan fingerprint density at radius 3 is 2.33 bits per heavy atom. The van der Waals surface area contributed by atoms with Gasteiger partial charge in [-0.2, -0.15) is 18.2 Å². The number of alkyl halides is 3. The van der Waals surface area contributed by atoms with Crippen molar-refractivity contribution in [2.75, 3.05) is 0 Å². The highest BCUT2D eigenvalue weighted by Crippen LogP contribution is 2.33. The molecule has 2 N–H and O–H groups in total. The Morgan fingerprint density at radius 1 is 1.19 bits per heavy atom. The Kier molecular flexibility index (Phi) is 4.90. The SMILES string of the molecule is O=C(O)CC1(NC(=O)c2ccc(-c3noc(C(F)(F)F)n3)cc2)CCCC1. The first-order chi connectivity index (χ1) is 12.7. The minimum atomic E-state index is -4.73. The molecule has 1 aliphatic carbocycles. The minimum absolute atomic E-state index is 0.153. The fourth-order valence-corrected chi connectivity index (χ4v) is 3.23. The quantitative estimate of drug-likeness (QED) is 0.821. The number of hydrogen-bond acceptors (Lipinski definition) is 5. The number of aromatic nitrogens is 2. The number of halogens is 3. The number of benzene rings is 1. The third-order valence-corrected chi connectivity index (χ3v) is 4.50. The van der Waals surface area contributed by atoms with Gasteiger partial charge in [0, 0.05) is 11.1 Å². The third kappa shape index (κ3) is 4.26. The van der Waals surface area contributed by atoms with E-state index in [-0.39, 0.29) is 23.4 Å². The Balaban J connectivity index is 1.74. The van der Waals surface area contributed by atoms with Crippen molar-refractivity contribution in [3.63, 3.8) is 0 Å². The Morgan fingerprint density at radius 2 is 1.81 bits per heavy atom. The first-order valence-corrected chi connectivity index (χ1v) is 8.24. The molecule has 2 aromatic rings. The standard InChI is InChI=1S/C17H16F3N3O4/c18-17(19,20)15-21-13(23-27-15)10-3-5-11(6-4-10)14(26)22-16(9-12(24)25)7-1-2-8-16/h3-6H,1-2,7-9H2,(H,22,26)(H,24,25). The number of rotatable bonds is 5. The zero-order chi connectivity index (χ0) is 19.7. The Hall–Kier alpha value is -2.91. The lowest BCUT2D eigenvalue weighted by Crippen LogP contribution is -2.47. The number of nitrogens with one attached hydrogen (secondary N) is 1. The summed E-state index contributed by atoms with van der Waals surface area (Å²) in [5, 5.41) is 15.2. The largest absolute Gasteiger partial charge is 0.481 e. The average molecular weight is 383 g/mol.